The van der Waals surface area contributed by atoms with Crippen LogP contribution in [0, 0.1) is 35.3 Å². The number of non-ortho nitro benzene ring substituents is 1. The number of rotatable bonds is 4. The molecule has 2 aromatic rings. The van der Waals surface area contributed by atoms with Gasteiger partial charge in [-0.15, -0.1) is 0 Å². The second-order valence-corrected chi connectivity index (χ2v) is 4.97. The molecular formula is C16H14N4O3. The molecule has 116 valence electrons. The highest BCUT2D eigenvalue weighted by Crippen LogP contribution is 2.24. The van der Waals surface area contributed by atoms with Crippen molar-refractivity contribution in [1.29, 1.82) is 5.26 Å². The number of nitrogens with two attached hydrogens (primary N) is 1. The Balaban J connectivity index is 2.52. The van der Waals surface area contributed by atoms with Gasteiger partial charge < -0.3 is 10.3 Å². The minimum atomic E-state index is -0.785. The topological polar surface area (TPSA) is 115 Å². The third-order valence-corrected chi connectivity index (χ3v) is 3.47. The van der Waals surface area contributed by atoms with E-state index >= 15 is 0 Å². The van der Waals surface area contributed by atoms with Gasteiger partial charge in [0.25, 0.3) is 11.6 Å². The molecule has 0 aliphatic carbocycles. The maximum absolute atomic E-state index is 11.2. The predicted octanol–water partition coefficient (Wildman–Crippen LogP) is 2.39. The second-order valence-electron chi connectivity index (χ2n) is 4.97. The molecule has 0 atom stereocenters. The first-order chi connectivity index (χ1) is 10.8. The lowest BCUT2D eigenvalue weighted by molar-refractivity contribution is -0.384. The van der Waals surface area contributed by atoms with Crippen molar-refractivity contribution in [3.8, 4) is 11.8 Å². The van der Waals surface area contributed by atoms with Crippen molar-refractivity contribution in [2.75, 3.05) is 0 Å². The molecule has 23 heavy (non-hydrogen) atoms. The molecule has 0 radical (unpaired) electrons. The number of nitriles is 1. The highest BCUT2D eigenvalue weighted by molar-refractivity contribution is 6.00. The van der Waals surface area contributed by atoms with Crippen LogP contribution in [0.25, 0.3) is 11.8 Å². The van der Waals surface area contributed by atoms with Crippen LogP contribution in [0.4, 0.5) is 5.69 Å². The van der Waals surface area contributed by atoms with Gasteiger partial charge in [0.1, 0.15) is 11.6 Å². The number of amides is 1. The van der Waals surface area contributed by atoms with Crippen LogP contribution in [0.15, 0.2) is 35.9 Å². The summed E-state index contributed by atoms with van der Waals surface area (Å²) in [7, 11) is 0. The largest absolute Gasteiger partial charge is 0.365 e. The van der Waals surface area contributed by atoms with Crippen molar-refractivity contribution < 1.29 is 9.72 Å². The molecule has 2 rings (SSSR count). The number of primary amides is 1. The fourth-order valence-electron chi connectivity index (χ4n) is 2.37. The zero-order chi connectivity index (χ0) is 17.1. The van der Waals surface area contributed by atoms with Gasteiger partial charge in [-0.25, -0.2) is 0 Å². The Morgan fingerprint density at radius 2 is 1.96 bits per heavy atom. The molecule has 1 heterocycles. The fraction of sp³-hybridized carbons (Fsp3) is 0.125. The Kier molecular flexibility index (Phi) is 4.27. The van der Waals surface area contributed by atoms with Crippen molar-refractivity contribution in [3.05, 3.63) is 63.0 Å². The highest BCUT2D eigenvalue weighted by atomic mass is 16.6. The summed E-state index contributed by atoms with van der Waals surface area (Å²) in [5, 5.41) is 19.7. The summed E-state index contributed by atoms with van der Waals surface area (Å²) in [5.41, 5.74) is 8.13. The quantitative estimate of drug-likeness (QED) is 0.404. The average Bonchev–Trinajstić information content (AvgIpc) is 2.78. The third-order valence-electron chi connectivity index (χ3n) is 3.47. The number of aryl methyl sites for hydroxylation is 1. The SMILES string of the molecule is Cc1cc(C=C(C#N)C(N)=O)c(C)n1-c1ccc([N+](=O)[O-])cc1. The van der Waals surface area contributed by atoms with Crippen LogP contribution in [-0.2, 0) is 4.79 Å². The number of carbonyl (C=O) groups is 1. The summed E-state index contributed by atoms with van der Waals surface area (Å²) in [6.07, 6.45) is 1.44. The number of benzene rings is 1. The summed E-state index contributed by atoms with van der Waals surface area (Å²) >= 11 is 0. The van der Waals surface area contributed by atoms with Crippen molar-refractivity contribution in [2.24, 2.45) is 5.73 Å². The Hall–Kier alpha value is -3.40. The van der Waals surface area contributed by atoms with E-state index in [-0.39, 0.29) is 11.3 Å². The predicted molar refractivity (Wildman–Crippen MR) is 84.7 cm³/mol. The van der Waals surface area contributed by atoms with Gasteiger partial charge >= 0.3 is 0 Å². The minimum Gasteiger partial charge on any atom is -0.365 e. The molecule has 1 amide bonds. The van der Waals surface area contributed by atoms with E-state index in [4.69, 9.17) is 11.0 Å². The van der Waals surface area contributed by atoms with Gasteiger partial charge in [-0.2, -0.15) is 5.26 Å². The molecular weight excluding hydrogens is 296 g/mol. The molecule has 7 heteroatoms. The molecule has 0 bridgehead atoms. The lowest BCUT2D eigenvalue weighted by Gasteiger charge is -2.09. The number of carbonyl (C=O) groups excluding carboxylic acids is 1. The van der Waals surface area contributed by atoms with Crippen molar-refractivity contribution >= 4 is 17.7 Å². The molecule has 2 N–H and O–H groups in total. The van der Waals surface area contributed by atoms with E-state index in [0.717, 1.165) is 17.1 Å². The van der Waals surface area contributed by atoms with E-state index in [9.17, 15) is 14.9 Å². The molecule has 0 saturated heterocycles. The number of nitrogens with zero attached hydrogens (tertiary/aromatic N) is 3. The number of hydrogen-bond acceptors (Lipinski definition) is 4. The highest BCUT2D eigenvalue weighted by Gasteiger charge is 2.13. The standard InChI is InChI=1S/C16H14N4O3/c1-10-7-12(8-13(9-17)16(18)21)11(2)19(10)14-3-5-15(6-4-14)20(22)23/h3-8H,1-2H3,(H2,18,21). The van der Waals surface area contributed by atoms with Crippen molar-refractivity contribution in [1.82, 2.24) is 4.57 Å². The lowest BCUT2D eigenvalue weighted by Crippen LogP contribution is -2.12. The molecule has 0 aliphatic rings. The number of aromatic nitrogens is 1. The summed E-state index contributed by atoms with van der Waals surface area (Å²) in [4.78, 5) is 21.4. The molecule has 0 saturated carbocycles. The first kappa shape index (κ1) is 16.0. The molecule has 1 aromatic carbocycles. The summed E-state index contributed by atoms with van der Waals surface area (Å²) in [5.74, 6) is -0.785. The molecule has 0 spiro atoms. The maximum atomic E-state index is 11.2. The van der Waals surface area contributed by atoms with Crippen LogP contribution in [0.2, 0.25) is 0 Å². The van der Waals surface area contributed by atoms with Gasteiger partial charge in [0.2, 0.25) is 0 Å². The number of nitro benzene ring substituents is 1. The summed E-state index contributed by atoms with van der Waals surface area (Å²) < 4.78 is 1.88. The third kappa shape index (κ3) is 3.11. The van der Waals surface area contributed by atoms with E-state index < -0.39 is 10.8 Å². The molecule has 0 aliphatic heterocycles. The van der Waals surface area contributed by atoms with Crippen LogP contribution in [0.3, 0.4) is 0 Å². The summed E-state index contributed by atoms with van der Waals surface area (Å²) in [6.45, 7) is 3.69. The Morgan fingerprint density at radius 1 is 1.35 bits per heavy atom. The van der Waals surface area contributed by atoms with Crippen molar-refractivity contribution in [3.63, 3.8) is 0 Å². The van der Waals surface area contributed by atoms with Crippen LogP contribution >= 0.6 is 0 Å². The van der Waals surface area contributed by atoms with Gasteiger partial charge in [-0.1, -0.05) is 0 Å². The van der Waals surface area contributed by atoms with E-state index in [1.165, 1.54) is 18.2 Å². The van der Waals surface area contributed by atoms with E-state index in [1.54, 1.807) is 18.2 Å². The van der Waals surface area contributed by atoms with Crippen LogP contribution in [0.1, 0.15) is 17.0 Å². The van der Waals surface area contributed by atoms with Crippen LogP contribution in [-0.4, -0.2) is 15.4 Å². The van der Waals surface area contributed by atoms with E-state index in [0.29, 0.717) is 5.56 Å². The van der Waals surface area contributed by atoms with Crippen LogP contribution in [0.5, 0.6) is 0 Å². The average molecular weight is 310 g/mol. The maximum Gasteiger partial charge on any atom is 0.269 e. The van der Waals surface area contributed by atoms with Gasteiger partial charge in [0.05, 0.1) is 4.92 Å². The zero-order valence-electron chi connectivity index (χ0n) is 12.6. The fourth-order valence-corrected chi connectivity index (χ4v) is 2.37. The van der Waals surface area contributed by atoms with E-state index in [2.05, 4.69) is 0 Å². The van der Waals surface area contributed by atoms with E-state index in [1.807, 2.05) is 24.5 Å². The Morgan fingerprint density at radius 3 is 2.43 bits per heavy atom. The molecule has 0 unspecified atom stereocenters. The number of hydrogen-bond donors (Lipinski definition) is 1. The lowest BCUT2D eigenvalue weighted by atomic mass is 10.1. The van der Waals surface area contributed by atoms with Crippen LogP contribution < -0.4 is 5.73 Å². The second kappa shape index (κ2) is 6.15. The van der Waals surface area contributed by atoms with Gasteiger partial charge in [-0.3, -0.25) is 14.9 Å². The van der Waals surface area contributed by atoms with Crippen molar-refractivity contribution in [2.45, 2.75) is 13.8 Å². The van der Waals surface area contributed by atoms with Gasteiger partial charge in [-0.05, 0) is 43.7 Å². The minimum absolute atomic E-state index is 0.0110. The van der Waals surface area contributed by atoms with Gasteiger partial charge in [0.15, 0.2) is 0 Å². The molecule has 0 fully saturated rings. The number of nitro groups is 1. The molecule has 1 aromatic heterocycles. The first-order valence-electron chi connectivity index (χ1n) is 6.70. The monoisotopic (exact) mass is 310 g/mol. The Bertz CT molecular complexity index is 855. The first-order valence-corrected chi connectivity index (χ1v) is 6.70. The zero-order valence-corrected chi connectivity index (χ0v) is 12.6. The smallest absolute Gasteiger partial charge is 0.269 e. The molecule has 7 nitrogen and oxygen atoms in total. The normalized spacial score (nSPS) is 11.1. The van der Waals surface area contributed by atoms with Gasteiger partial charge in [0, 0.05) is 29.2 Å². The summed E-state index contributed by atoms with van der Waals surface area (Å²) in [6, 6.07) is 9.72. The Labute approximate surface area is 132 Å².